The molecule has 470 valence electrons. The molecule has 89 heavy (non-hydrogen) atoms. The average Bonchev–Trinajstić information content (AvgIpc) is 1.79. The number of aliphatic hydroxyl groups excluding tert-OH is 1. The van der Waals surface area contributed by atoms with Gasteiger partial charge < -0.3 is 44.5 Å². The Balaban J connectivity index is 0.758. The lowest BCUT2D eigenvalue weighted by Gasteiger charge is -2.35. The number of ether oxygens (including phenoxy) is 4. The maximum Gasteiger partial charge on any atom is 0.328 e. The van der Waals surface area contributed by atoms with E-state index in [2.05, 4.69) is 35.3 Å². The normalized spacial score (nSPS) is 17.3. The van der Waals surface area contributed by atoms with Crippen LogP contribution >= 0.6 is 11.3 Å². The smallest absolute Gasteiger partial charge is 0.328 e. The number of hydrogen-bond donors (Lipinski definition) is 4. The third-order valence-electron chi connectivity index (χ3n) is 16.0. The van der Waals surface area contributed by atoms with Crippen molar-refractivity contribution in [2.45, 2.75) is 114 Å². The Kier molecular flexibility index (Phi) is 19.6. The number of thiazole rings is 1. The molecule has 8 aromatic rings. The molecule has 2 fully saturated rings. The maximum atomic E-state index is 14.5. The van der Waals surface area contributed by atoms with Crippen LogP contribution in [0.2, 0.25) is 0 Å². The number of imidazole rings is 1. The van der Waals surface area contributed by atoms with Crippen LogP contribution in [-0.4, -0.2) is 135 Å². The van der Waals surface area contributed by atoms with Crippen LogP contribution < -0.4 is 40.0 Å². The number of unbranched alkanes of at least 4 members (excludes halogenated alkanes) is 1. The van der Waals surface area contributed by atoms with E-state index in [-0.39, 0.29) is 76.5 Å². The minimum atomic E-state index is -4.38. The van der Waals surface area contributed by atoms with E-state index < -0.39 is 34.1 Å². The fourth-order valence-corrected chi connectivity index (χ4v) is 13.0. The number of aliphatic hydroxyl groups is 1. The highest BCUT2D eigenvalue weighted by molar-refractivity contribution is 7.92. The van der Waals surface area contributed by atoms with Crippen LogP contribution in [0.4, 0.5) is 5.69 Å². The first-order valence-electron chi connectivity index (χ1n) is 30.0. The monoisotopic (exact) mass is 1250 g/mol. The Bertz CT molecular complexity index is 4020. The van der Waals surface area contributed by atoms with E-state index >= 15 is 0 Å². The molecule has 4 aromatic carbocycles. The Morgan fingerprint density at radius 2 is 1.56 bits per heavy atom. The van der Waals surface area contributed by atoms with Gasteiger partial charge in [-0.05, 0) is 107 Å². The zero-order valence-electron chi connectivity index (χ0n) is 51.5. The number of nitrogens with zero attached hydrogens (tertiary/aromatic N) is 8. The lowest BCUT2D eigenvalue weighted by Crippen LogP contribution is -2.49. The van der Waals surface area contributed by atoms with E-state index in [1.165, 1.54) is 38.3 Å². The molecule has 4 aromatic heterocycles. The molecule has 0 radical (unpaired) electrons. The van der Waals surface area contributed by atoms with Crippen molar-refractivity contribution in [3.63, 3.8) is 0 Å². The van der Waals surface area contributed by atoms with Crippen molar-refractivity contribution in [1.82, 2.24) is 49.3 Å². The van der Waals surface area contributed by atoms with Crippen molar-refractivity contribution < 1.29 is 46.9 Å². The molecular formula is C65H77N11O11S2. The van der Waals surface area contributed by atoms with Crippen molar-refractivity contribution in [3.8, 4) is 50.4 Å². The molecule has 2 aliphatic rings. The minimum absolute atomic E-state index is 0.0122. The standard InChI is InChI=1S/C65H77N11O11S2/c1-10-23-84-49-30-50(85-24-12-11-22-72(6)7)32-52(31-49)86-58-34-56-55(73(8)65(81)74(56)9)33-54(58)71-89(82,83)53-15-13-14-45(25-53)62(78)70-47-27-51(28-47)87-59-26-44(20-21-66-59)46-35-68-76(36-46)60(39(2)3)64(80)75-37-48(77)29-57(75)63(79)69-40(4)42-16-18-43(19-17-42)61-41(5)67-38-88-61/h13-21,25-26,30-36,38-40,47-48,51,57,60,71,77H,10-12,22-24,27-29,37H2,1-9H3,(H,69,79)(H,70,78)/t40-,47-,48+,51-,57-,60+/m0/s1. The number of amides is 3. The largest absolute Gasteiger partial charge is 0.493 e. The van der Waals surface area contributed by atoms with Gasteiger partial charge in [0.1, 0.15) is 35.4 Å². The molecule has 1 saturated carbocycles. The van der Waals surface area contributed by atoms with Gasteiger partial charge in [0.15, 0.2) is 5.75 Å². The van der Waals surface area contributed by atoms with Crippen LogP contribution in [0.1, 0.15) is 99.9 Å². The predicted molar refractivity (Wildman–Crippen MR) is 340 cm³/mol. The molecule has 4 atom stereocenters. The fourth-order valence-electron chi connectivity index (χ4n) is 11.1. The van der Waals surface area contributed by atoms with Crippen molar-refractivity contribution in [3.05, 3.63) is 142 Å². The summed E-state index contributed by atoms with van der Waals surface area (Å²) >= 11 is 1.57. The molecule has 0 unspecified atom stereocenters. The molecule has 3 amide bonds. The number of carbonyl (C=O) groups excluding carboxylic acids is 3. The number of hydrogen-bond acceptors (Lipinski definition) is 16. The lowest BCUT2D eigenvalue weighted by molar-refractivity contribution is -0.142. The summed E-state index contributed by atoms with van der Waals surface area (Å²) in [5.74, 6) is 0.425. The van der Waals surface area contributed by atoms with Gasteiger partial charge in [-0.15, -0.1) is 11.3 Å². The molecule has 0 spiro atoms. The molecule has 0 bridgehead atoms. The van der Waals surface area contributed by atoms with E-state index in [9.17, 15) is 32.7 Å². The Morgan fingerprint density at radius 3 is 2.26 bits per heavy atom. The zero-order chi connectivity index (χ0) is 63.3. The minimum Gasteiger partial charge on any atom is -0.493 e. The van der Waals surface area contributed by atoms with Crippen molar-refractivity contribution in [2.75, 3.05) is 45.1 Å². The second kappa shape index (κ2) is 27.4. The topological polar surface area (TPSA) is 256 Å². The summed E-state index contributed by atoms with van der Waals surface area (Å²) in [6.07, 6.45) is 7.47. The first-order chi connectivity index (χ1) is 42.6. The quantitative estimate of drug-likeness (QED) is 0.0369. The van der Waals surface area contributed by atoms with Crippen molar-refractivity contribution in [1.29, 1.82) is 0 Å². The molecule has 4 N–H and O–H groups in total. The second-order valence-corrected chi connectivity index (χ2v) is 26.0. The van der Waals surface area contributed by atoms with Gasteiger partial charge in [0.2, 0.25) is 17.7 Å². The van der Waals surface area contributed by atoms with Crippen LogP contribution in [0.3, 0.4) is 0 Å². The summed E-state index contributed by atoms with van der Waals surface area (Å²) in [5.41, 5.74) is 6.97. The number of likely N-dealkylation sites (tertiary alicyclic amines) is 1. The van der Waals surface area contributed by atoms with Gasteiger partial charge in [0.25, 0.3) is 15.9 Å². The summed E-state index contributed by atoms with van der Waals surface area (Å²) in [5, 5.41) is 21.5. The van der Waals surface area contributed by atoms with Crippen molar-refractivity contribution in [2.24, 2.45) is 20.0 Å². The van der Waals surface area contributed by atoms with Crippen molar-refractivity contribution >= 4 is 55.8 Å². The van der Waals surface area contributed by atoms with Gasteiger partial charge in [-0.1, -0.05) is 51.1 Å². The maximum absolute atomic E-state index is 14.5. The second-order valence-electron chi connectivity index (χ2n) is 23.5. The lowest BCUT2D eigenvalue weighted by atomic mass is 9.89. The highest BCUT2D eigenvalue weighted by Gasteiger charge is 2.43. The first kappa shape index (κ1) is 63.4. The Morgan fingerprint density at radius 1 is 0.843 bits per heavy atom. The number of rotatable bonds is 26. The average molecular weight is 1250 g/mol. The van der Waals surface area contributed by atoms with Crippen LogP contribution in [0.5, 0.6) is 28.9 Å². The summed E-state index contributed by atoms with van der Waals surface area (Å²) in [6.45, 7) is 11.5. The number of pyridine rings is 1. The Hall–Kier alpha value is -8.58. The molecule has 10 rings (SSSR count). The SMILES string of the molecule is CCCOc1cc(OCCCCN(C)C)cc(Oc2cc3c(cc2NS(=O)(=O)c2cccc(C(=O)N[C@H]4C[C@H](Oc5cc(-c6cnn([C@@H](C(=O)N7C[C@H](O)C[C@H]7C(=O)N[C@@H](C)c7ccc(-c8scnc8C)cc7)C(C)C)c6)ccn5)C4)c2)n(C)c(=O)n3C)c1. The van der Waals surface area contributed by atoms with Gasteiger partial charge in [-0.3, -0.25) is 32.9 Å². The number of aryl methyl sites for hydroxylation is 3. The molecule has 1 aliphatic heterocycles. The highest BCUT2D eigenvalue weighted by Crippen LogP contribution is 2.39. The molecule has 5 heterocycles. The van der Waals surface area contributed by atoms with Crippen LogP contribution in [-0.2, 0) is 33.7 Å². The highest BCUT2D eigenvalue weighted by atomic mass is 32.2. The first-order valence-corrected chi connectivity index (χ1v) is 32.3. The Labute approximate surface area is 521 Å². The zero-order valence-corrected chi connectivity index (χ0v) is 53.1. The number of fused-ring (bicyclic) bond motifs is 1. The number of anilines is 1. The molecular weight excluding hydrogens is 1170 g/mol. The summed E-state index contributed by atoms with van der Waals surface area (Å²) in [7, 11) is 2.89. The van der Waals surface area contributed by atoms with E-state index in [0.29, 0.717) is 65.8 Å². The van der Waals surface area contributed by atoms with Gasteiger partial charge >= 0.3 is 5.69 Å². The van der Waals surface area contributed by atoms with Gasteiger partial charge in [-0.25, -0.2) is 23.2 Å². The summed E-state index contributed by atoms with van der Waals surface area (Å²) in [4.78, 5) is 68.5. The van der Waals surface area contributed by atoms with Crippen LogP contribution in [0, 0.1) is 12.8 Å². The third-order valence-corrected chi connectivity index (χ3v) is 18.4. The van der Waals surface area contributed by atoms with Crippen LogP contribution in [0.15, 0.2) is 125 Å². The number of aromatic nitrogens is 6. The number of carbonyl (C=O) groups is 3. The number of β-amino-alcohol motifs (C(OH)–C–C–N with tert-alkyl or cyclic N) is 1. The fraction of sp³-hybridized carbons (Fsp3) is 0.400. The predicted octanol–water partition coefficient (Wildman–Crippen LogP) is 9.05. The van der Waals surface area contributed by atoms with Gasteiger partial charge in [0.05, 0.1) is 69.3 Å². The number of nitrogens with one attached hydrogen (secondary N) is 3. The molecule has 22 nitrogen and oxygen atoms in total. The summed E-state index contributed by atoms with van der Waals surface area (Å²) < 4.78 is 60.6. The number of benzene rings is 4. The van der Waals surface area contributed by atoms with E-state index in [0.717, 1.165) is 53.1 Å². The third kappa shape index (κ3) is 14.8. The number of sulfonamides is 1. The van der Waals surface area contributed by atoms with Crippen LogP contribution in [0.25, 0.3) is 32.6 Å². The van der Waals surface area contributed by atoms with E-state index in [4.69, 9.17) is 18.9 Å². The van der Waals surface area contributed by atoms with E-state index in [1.54, 1.807) is 85.1 Å². The van der Waals surface area contributed by atoms with E-state index in [1.807, 2.05) is 84.6 Å². The summed E-state index contributed by atoms with van der Waals surface area (Å²) in [6, 6.07) is 23.3. The molecule has 1 aliphatic carbocycles. The van der Waals surface area contributed by atoms with Gasteiger partial charge in [0, 0.05) is 99.8 Å². The van der Waals surface area contributed by atoms with Gasteiger partial charge in [-0.2, -0.15) is 5.10 Å². The molecule has 1 saturated heterocycles. The molecule has 24 heteroatoms.